The highest BCUT2D eigenvalue weighted by molar-refractivity contribution is 7.80. The summed E-state index contributed by atoms with van der Waals surface area (Å²) in [4.78, 5) is 39.4. The van der Waals surface area contributed by atoms with Gasteiger partial charge in [-0.1, -0.05) is 30.3 Å². The minimum Gasteiger partial charge on any atom is -0.495 e. The second-order valence-corrected chi connectivity index (χ2v) is 6.88. The Kier molecular flexibility index (Phi) is 6.63. The Morgan fingerprint density at radius 1 is 1.10 bits per heavy atom. The first-order chi connectivity index (χ1) is 14.5. The fourth-order valence-electron chi connectivity index (χ4n) is 3.13. The molecule has 156 valence electrons. The summed E-state index contributed by atoms with van der Waals surface area (Å²) < 4.78 is 5.23. The summed E-state index contributed by atoms with van der Waals surface area (Å²) in [6, 6.07) is 14.6. The number of para-hydroxylation sites is 2. The van der Waals surface area contributed by atoms with Gasteiger partial charge in [-0.25, -0.2) is 5.01 Å². The summed E-state index contributed by atoms with van der Waals surface area (Å²) in [5.41, 5.74) is 3.58. The van der Waals surface area contributed by atoms with Crippen molar-refractivity contribution < 1.29 is 19.1 Å². The minimum atomic E-state index is -0.945. The second-order valence-electron chi connectivity index (χ2n) is 6.51. The van der Waals surface area contributed by atoms with Gasteiger partial charge in [-0.2, -0.15) is 0 Å². The number of methoxy groups -OCH3 is 1. The van der Waals surface area contributed by atoms with Crippen LogP contribution in [0.5, 0.6) is 5.75 Å². The first kappa shape index (κ1) is 21.3. The maximum absolute atomic E-state index is 12.8. The standard InChI is InChI=1S/C21H22N4O4S/c1-3-24-20(28)16(13-18(26)22-15-11-7-8-12-17(15)29-2)25(21(24)30)23-19(27)14-9-5-4-6-10-14/h4-12,16H,3,13H2,1-2H3,(H,22,26)(H,23,27). The van der Waals surface area contributed by atoms with Crippen molar-refractivity contribution in [1.29, 1.82) is 0 Å². The Balaban J connectivity index is 1.77. The molecular weight excluding hydrogens is 404 g/mol. The number of hydrogen-bond acceptors (Lipinski definition) is 5. The fourth-order valence-corrected chi connectivity index (χ4v) is 3.52. The van der Waals surface area contributed by atoms with Crippen LogP contribution in [0.25, 0.3) is 0 Å². The van der Waals surface area contributed by atoms with Crippen LogP contribution in [0, 0.1) is 0 Å². The Labute approximate surface area is 179 Å². The molecule has 2 N–H and O–H groups in total. The molecule has 0 aromatic heterocycles. The predicted octanol–water partition coefficient (Wildman–Crippen LogP) is 2.19. The number of amides is 3. The van der Waals surface area contributed by atoms with Crippen LogP contribution in [-0.4, -0.2) is 52.4 Å². The van der Waals surface area contributed by atoms with Gasteiger partial charge in [0.15, 0.2) is 5.11 Å². The molecule has 1 saturated heterocycles. The van der Waals surface area contributed by atoms with Crippen LogP contribution in [0.3, 0.4) is 0 Å². The highest BCUT2D eigenvalue weighted by Gasteiger charge is 2.43. The quantitative estimate of drug-likeness (QED) is 0.660. The van der Waals surface area contributed by atoms with E-state index in [0.29, 0.717) is 23.5 Å². The fraction of sp³-hybridized carbons (Fsp3) is 0.238. The van der Waals surface area contributed by atoms with Gasteiger partial charge in [0.1, 0.15) is 11.8 Å². The van der Waals surface area contributed by atoms with E-state index in [0.717, 1.165) is 0 Å². The molecule has 1 aliphatic heterocycles. The molecule has 2 aromatic rings. The Morgan fingerprint density at radius 3 is 2.43 bits per heavy atom. The maximum Gasteiger partial charge on any atom is 0.269 e. The SMILES string of the molecule is CCN1C(=O)C(CC(=O)Nc2ccccc2OC)N(NC(=O)c2ccccc2)C1=S. The second kappa shape index (κ2) is 9.36. The Hall–Kier alpha value is -3.46. The van der Waals surface area contributed by atoms with Crippen LogP contribution in [0.15, 0.2) is 54.6 Å². The van der Waals surface area contributed by atoms with Gasteiger partial charge < -0.3 is 10.1 Å². The summed E-state index contributed by atoms with van der Waals surface area (Å²) >= 11 is 5.37. The molecule has 1 aliphatic rings. The maximum atomic E-state index is 12.8. The third-order valence-corrected chi connectivity index (χ3v) is 5.05. The summed E-state index contributed by atoms with van der Waals surface area (Å²) in [7, 11) is 1.50. The van der Waals surface area contributed by atoms with Crippen LogP contribution < -0.4 is 15.5 Å². The molecule has 8 nitrogen and oxygen atoms in total. The van der Waals surface area contributed by atoms with E-state index in [1.54, 1.807) is 61.5 Å². The molecule has 0 aliphatic carbocycles. The number of rotatable bonds is 7. The van der Waals surface area contributed by atoms with Gasteiger partial charge in [0.2, 0.25) is 5.91 Å². The molecular formula is C21H22N4O4S. The first-order valence-corrected chi connectivity index (χ1v) is 9.80. The van der Waals surface area contributed by atoms with Crippen LogP contribution in [0.2, 0.25) is 0 Å². The Bertz CT molecular complexity index is 966. The summed E-state index contributed by atoms with van der Waals surface area (Å²) in [5.74, 6) is -0.661. The lowest BCUT2D eigenvalue weighted by Crippen LogP contribution is -2.49. The number of ether oxygens (including phenoxy) is 1. The number of thiocarbonyl (C=S) groups is 1. The molecule has 3 rings (SSSR count). The first-order valence-electron chi connectivity index (χ1n) is 9.39. The normalized spacial score (nSPS) is 15.9. The molecule has 9 heteroatoms. The van der Waals surface area contributed by atoms with E-state index in [4.69, 9.17) is 17.0 Å². The van der Waals surface area contributed by atoms with Crippen molar-refractivity contribution in [2.75, 3.05) is 19.0 Å². The summed E-state index contributed by atoms with van der Waals surface area (Å²) in [5, 5.41) is 4.19. The highest BCUT2D eigenvalue weighted by Crippen LogP contribution is 2.24. The molecule has 2 aromatic carbocycles. The summed E-state index contributed by atoms with van der Waals surface area (Å²) in [6.07, 6.45) is -0.192. The van der Waals surface area contributed by atoms with Crippen LogP contribution >= 0.6 is 12.2 Å². The van der Waals surface area contributed by atoms with E-state index in [1.807, 2.05) is 0 Å². The number of carbonyl (C=O) groups excluding carboxylic acids is 3. The third-order valence-electron chi connectivity index (χ3n) is 4.63. The monoisotopic (exact) mass is 426 g/mol. The van der Waals surface area contributed by atoms with Crippen molar-refractivity contribution >= 4 is 40.7 Å². The van der Waals surface area contributed by atoms with Crippen molar-refractivity contribution in [2.24, 2.45) is 0 Å². The van der Waals surface area contributed by atoms with Crippen LogP contribution in [-0.2, 0) is 9.59 Å². The number of anilines is 1. The molecule has 30 heavy (non-hydrogen) atoms. The van der Waals surface area contributed by atoms with E-state index in [9.17, 15) is 14.4 Å². The molecule has 0 saturated carbocycles. The third kappa shape index (κ3) is 4.41. The van der Waals surface area contributed by atoms with E-state index >= 15 is 0 Å². The van der Waals surface area contributed by atoms with Crippen LogP contribution in [0.1, 0.15) is 23.7 Å². The Morgan fingerprint density at radius 2 is 1.77 bits per heavy atom. The number of likely N-dealkylation sites (N-methyl/N-ethyl adjacent to an activating group) is 1. The average molecular weight is 426 g/mol. The molecule has 0 spiro atoms. The molecule has 0 bridgehead atoms. The zero-order valence-electron chi connectivity index (χ0n) is 16.6. The lowest BCUT2D eigenvalue weighted by Gasteiger charge is -2.24. The minimum absolute atomic E-state index is 0.155. The zero-order chi connectivity index (χ0) is 21.7. The van der Waals surface area contributed by atoms with Crippen molar-refractivity contribution in [3.63, 3.8) is 0 Å². The predicted molar refractivity (Wildman–Crippen MR) is 116 cm³/mol. The highest BCUT2D eigenvalue weighted by atomic mass is 32.1. The molecule has 1 fully saturated rings. The van der Waals surface area contributed by atoms with Gasteiger partial charge in [-0.15, -0.1) is 0 Å². The van der Waals surface area contributed by atoms with Gasteiger partial charge in [-0.05, 0) is 43.4 Å². The van der Waals surface area contributed by atoms with Crippen molar-refractivity contribution in [2.45, 2.75) is 19.4 Å². The molecule has 0 radical (unpaired) electrons. The van der Waals surface area contributed by atoms with Crippen molar-refractivity contribution in [3.05, 3.63) is 60.2 Å². The van der Waals surface area contributed by atoms with Gasteiger partial charge in [-0.3, -0.25) is 24.7 Å². The van der Waals surface area contributed by atoms with Gasteiger partial charge >= 0.3 is 0 Å². The lowest BCUT2D eigenvalue weighted by molar-refractivity contribution is -0.130. The van der Waals surface area contributed by atoms with E-state index in [-0.39, 0.29) is 17.4 Å². The molecule has 3 amide bonds. The largest absolute Gasteiger partial charge is 0.495 e. The smallest absolute Gasteiger partial charge is 0.269 e. The van der Waals surface area contributed by atoms with E-state index in [2.05, 4.69) is 10.7 Å². The number of nitrogens with one attached hydrogen (secondary N) is 2. The molecule has 1 atom stereocenters. The van der Waals surface area contributed by atoms with Crippen LogP contribution in [0.4, 0.5) is 5.69 Å². The zero-order valence-corrected chi connectivity index (χ0v) is 17.4. The summed E-state index contributed by atoms with van der Waals surface area (Å²) in [6.45, 7) is 2.11. The number of hydrogen-bond donors (Lipinski definition) is 2. The molecule has 1 heterocycles. The average Bonchev–Trinajstić information content (AvgIpc) is 2.98. The van der Waals surface area contributed by atoms with E-state index in [1.165, 1.54) is 17.0 Å². The number of benzene rings is 2. The lowest BCUT2D eigenvalue weighted by atomic mass is 10.1. The number of hydrazine groups is 1. The van der Waals surface area contributed by atoms with Crippen molar-refractivity contribution in [1.82, 2.24) is 15.3 Å². The van der Waals surface area contributed by atoms with Gasteiger partial charge in [0, 0.05) is 12.1 Å². The molecule has 1 unspecified atom stereocenters. The van der Waals surface area contributed by atoms with Crippen molar-refractivity contribution in [3.8, 4) is 5.75 Å². The van der Waals surface area contributed by atoms with Gasteiger partial charge in [0.05, 0.1) is 19.2 Å². The van der Waals surface area contributed by atoms with Gasteiger partial charge in [0.25, 0.3) is 11.8 Å². The number of carbonyl (C=O) groups is 3. The number of nitrogens with zero attached hydrogens (tertiary/aromatic N) is 2. The van der Waals surface area contributed by atoms with E-state index < -0.39 is 17.9 Å². The topological polar surface area (TPSA) is 91.0 Å².